The normalized spacial score (nSPS) is 31.8. The van der Waals surface area contributed by atoms with Crippen LogP contribution in [0.4, 0.5) is 4.39 Å². The third-order valence-corrected chi connectivity index (χ3v) is 9.87. The van der Waals surface area contributed by atoms with Gasteiger partial charge in [0.05, 0.1) is 23.7 Å². The molecule has 3 aliphatic rings. The van der Waals surface area contributed by atoms with Crippen molar-refractivity contribution in [1.29, 1.82) is 0 Å². The molecule has 2 aliphatic heterocycles. The Morgan fingerprint density at radius 1 is 1.30 bits per heavy atom. The predicted molar refractivity (Wildman–Crippen MR) is 130 cm³/mol. The lowest BCUT2D eigenvalue weighted by molar-refractivity contribution is -0.136. The largest absolute Gasteiger partial charge is 0.384 e. The van der Waals surface area contributed by atoms with Gasteiger partial charge in [-0.05, 0) is 24.0 Å². The van der Waals surface area contributed by atoms with E-state index in [4.69, 9.17) is 4.74 Å². The van der Waals surface area contributed by atoms with Crippen molar-refractivity contribution in [3.05, 3.63) is 59.9 Å². The van der Waals surface area contributed by atoms with Gasteiger partial charge in [0.1, 0.15) is 5.82 Å². The summed E-state index contributed by atoms with van der Waals surface area (Å²) in [6, 6.07) is 14.4. The van der Waals surface area contributed by atoms with Crippen molar-refractivity contribution in [3.63, 3.8) is 0 Å². The van der Waals surface area contributed by atoms with Crippen molar-refractivity contribution in [2.75, 3.05) is 26.5 Å². The number of hydrogen-bond acceptors (Lipinski definition) is 3. The number of carbonyl (C=O) groups is 1. The first kappa shape index (κ1) is 22.8. The molecule has 2 aromatic carbocycles. The fourth-order valence-electron chi connectivity index (χ4n) is 5.69. The number of amides is 1. The van der Waals surface area contributed by atoms with Gasteiger partial charge in [-0.15, -0.1) is 0 Å². The van der Waals surface area contributed by atoms with E-state index in [9.17, 15) is 9.00 Å². The summed E-state index contributed by atoms with van der Waals surface area (Å²) < 4.78 is 37.4. The van der Waals surface area contributed by atoms with Crippen LogP contribution in [0.5, 0.6) is 0 Å². The molecule has 1 saturated carbocycles. The molecule has 8 heteroatoms. The van der Waals surface area contributed by atoms with E-state index >= 15 is 4.39 Å². The monoisotopic (exact) mass is 483 g/mol. The van der Waals surface area contributed by atoms with Crippen molar-refractivity contribution in [3.8, 4) is 11.1 Å². The lowest BCUT2D eigenvalue weighted by Crippen LogP contribution is -2.50. The SMILES string of the molecule is COC[C@](C)([Si])C(=O)N1CC23CC2=S(C)(=O)NC3C1Cc1cccc(-c2ccccc2)c1F. The van der Waals surface area contributed by atoms with E-state index in [0.717, 1.165) is 16.8 Å². The van der Waals surface area contributed by atoms with Crippen LogP contribution in [-0.2, 0) is 25.7 Å². The van der Waals surface area contributed by atoms with Gasteiger partial charge < -0.3 is 9.64 Å². The van der Waals surface area contributed by atoms with E-state index in [1.807, 2.05) is 41.3 Å². The molecule has 1 N–H and O–H groups in total. The molecule has 5 nitrogen and oxygen atoms in total. The van der Waals surface area contributed by atoms with Gasteiger partial charge in [0.15, 0.2) is 0 Å². The summed E-state index contributed by atoms with van der Waals surface area (Å²) in [7, 11) is 2.92. The van der Waals surface area contributed by atoms with Crippen molar-refractivity contribution < 1.29 is 18.1 Å². The number of ether oxygens (including phenoxy) is 1. The molecule has 1 saturated heterocycles. The van der Waals surface area contributed by atoms with Crippen molar-refractivity contribution in [2.24, 2.45) is 5.41 Å². The minimum Gasteiger partial charge on any atom is -0.384 e. The predicted octanol–water partition coefficient (Wildman–Crippen LogP) is 2.60. The van der Waals surface area contributed by atoms with E-state index < -0.39 is 14.7 Å². The molecule has 3 radical (unpaired) electrons. The smallest absolute Gasteiger partial charge is 0.227 e. The third kappa shape index (κ3) is 3.58. The van der Waals surface area contributed by atoms with Gasteiger partial charge in [0.2, 0.25) is 5.91 Å². The molecule has 1 amide bonds. The van der Waals surface area contributed by atoms with E-state index in [1.165, 1.54) is 0 Å². The maximum absolute atomic E-state index is 15.7. The van der Waals surface area contributed by atoms with E-state index in [0.29, 0.717) is 24.1 Å². The molecule has 4 unspecified atom stereocenters. The Labute approximate surface area is 198 Å². The highest BCUT2D eigenvalue weighted by Gasteiger charge is 2.70. The maximum Gasteiger partial charge on any atom is 0.227 e. The van der Waals surface area contributed by atoms with Crippen LogP contribution in [-0.4, -0.2) is 68.7 Å². The van der Waals surface area contributed by atoms with Gasteiger partial charge in [0.25, 0.3) is 0 Å². The maximum atomic E-state index is 15.7. The number of hydrogen-bond donors (Lipinski definition) is 1. The Bertz CT molecular complexity index is 1240. The van der Waals surface area contributed by atoms with Crippen LogP contribution in [0.15, 0.2) is 48.5 Å². The number of likely N-dealkylation sites (tertiary alicyclic amines) is 1. The van der Waals surface area contributed by atoms with Crippen LogP contribution < -0.4 is 4.72 Å². The summed E-state index contributed by atoms with van der Waals surface area (Å²) in [5.41, 5.74) is 1.64. The summed E-state index contributed by atoms with van der Waals surface area (Å²) in [4.78, 5) is 16.4. The molecular weight excluding hydrogens is 455 g/mol. The highest BCUT2D eigenvalue weighted by atomic mass is 32.2. The van der Waals surface area contributed by atoms with Gasteiger partial charge in [-0.25, -0.2) is 9.11 Å². The van der Waals surface area contributed by atoms with Crippen molar-refractivity contribution in [1.82, 2.24) is 9.62 Å². The van der Waals surface area contributed by atoms with Gasteiger partial charge >= 0.3 is 0 Å². The second-order valence-electron chi connectivity index (χ2n) is 9.81. The summed E-state index contributed by atoms with van der Waals surface area (Å²) in [5, 5.41) is -0.893. The second-order valence-corrected chi connectivity index (χ2v) is 13.3. The van der Waals surface area contributed by atoms with Crippen LogP contribution in [0.2, 0.25) is 5.04 Å². The average Bonchev–Trinajstić information content (AvgIpc) is 3.38. The average molecular weight is 484 g/mol. The van der Waals surface area contributed by atoms with Gasteiger partial charge in [-0.2, -0.15) is 0 Å². The van der Waals surface area contributed by atoms with Crippen molar-refractivity contribution in [2.45, 2.75) is 36.9 Å². The number of benzene rings is 2. The van der Waals surface area contributed by atoms with Gasteiger partial charge in [-0.1, -0.05) is 55.5 Å². The summed E-state index contributed by atoms with van der Waals surface area (Å²) in [6.45, 7) is 2.51. The highest BCUT2D eigenvalue weighted by Crippen LogP contribution is 2.57. The van der Waals surface area contributed by atoms with E-state index in [-0.39, 0.29) is 35.8 Å². The minimum absolute atomic E-state index is 0.0925. The zero-order chi connectivity index (χ0) is 23.6. The molecule has 5 rings (SSSR count). The number of methoxy groups -OCH3 is 1. The zero-order valence-electron chi connectivity index (χ0n) is 19.1. The molecule has 2 aromatic rings. The zero-order valence-corrected chi connectivity index (χ0v) is 20.9. The Balaban J connectivity index is 1.52. The quantitative estimate of drug-likeness (QED) is 0.508. The van der Waals surface area contributed by atoms with Crippen LogP contribution >= 0.6 is 0 Å². The topological polar surface area (TPSA) is 58.6 Å². The first-order chi connectivity index (χ1) is 15.6. The standard InChI is InChI=1S/C25H28FN2O3SSi/c1-24(33,15-31-2)23(29)28-14-25-13-20(25)32(3,30)27-22(25)19(28)12-17-10-7-11-18(21(17)26)16-8-5-4-6-9-16/h4-11,19,22H,12-15H2,1-3H3,(H,27,30)/t19?,22?,24-,25?,32?/m0/s1. The molecule has 1 spiro atoms. The Hall–Kier alpha value is -2.00. The lowest BCUT2D eigenvalue weighted by Gasteiger charge is -2.34. The third-order valence-electron chi connectivity index (χ3n) is 7.32. The number of carbonyl (C=O) groups excluding carboxylic acids is 1. The molecule has 2 fully saturated rings. The number of halogens is 1. The summed E-state index contributed by atoms with van der Waals surface area (Å²) >= 11 is 0. The summed E-state index contributed by atoms with van der Waals surface area (Å²) in [5.74, 6) is -0.365. The number of nitrogens with one attached hydrogen (secondary N) is 1. The fraction of sp³-hybridized carbons (Fsp3) is 0.440. The number of rotatable bonds is 6. The van der Waals surface area contributed by atoms with Crippen LogP contribution in [0.25, 0.3) is 11.1 Å². The first-order valence-corrected chi connectivity index (χ1v) is 13.6. The molecule has 33 heavy (non-hydrogen) atoms. The van der Waals surface area contributed by atoms with E-state index in [1.54, 1.807) is 32.4 Å². The molecule has 173 valence electrons. The van der Waals surface area contributed by atoms with Crippen molar-refractivity contribution >= 4 is 30.7 Å². The Morgan fingerprint density at radius 2 is 2.03 bits per heavy atom. The van der Waals surface area contributed by atoms with Crippen LogP contribution in [0.3, 0.4) is 0 Å². The van der Waals surface area contributed by atoms with Crippen LogP contribution in [0, 0.1) is 11.2 Å². The molecule has 2 heterocycles. The highest BCUT2D eigenvalue weighted by molar-refractivity contribution is 8.01. The molecule has 5 atom stereocenters. The lowest BCUT2D eigenvalue weighted by atomic mass is 9.91. The van der Waals surface area contributed by atoms with Gasteiger partial charge in [0, 0.05) is 55.7 Å². The Morgan fingerprint density at radius 3 is 2.70 bits per heavy atom. The fourth-order valence-corrected chi connectivity index (χ4v) is 8.49. The summed E-state index contributed by atoms with van der Waals surface area (Å²) in [6.07, 6.45) is 2.85. The number of nitrogens with zero attached hydrogens (tertiary/aromatic N) is 1. The minimum atomic E-state index is -2.25. The Kier molecular flexibility index (Phi) is 5.36. The first-order valence-electron chi connectivity index (χ1n) is 11.1. The molecule has 0 aromatic heterocycles. The second kappa shape index (κ2) is 7.76. The van der Waals surface area contributed by atoms with Crippen LogP contribution in [0.1, 0.15) is 18.9 Å². The molecular formula is C25H28FN2O3SSi. The van der Waals surface area contributed by atoms with E-state index in [2.05, 4.69) is 15.0 Å². The van der Waals surface area contributed by atoms with Gasteiger partial charge in [-0.3, -0.25) is 9.00 Å². The molecule has 1 aliphatic carbocycles. The molecule has 0 bridgehead atoms.